The van der Waals surface area contributed by atoms with Crippen LogP contribution in [-0.4, -0.2) is 31.1 Å². The number of hydrogen-bond acceptors (Lipinski definition) is 4. The van der Waals surface area contributed by atoms with Gasteiger partial charge in [-0.15, -0.1) is 0 Å². The Labute approximate surface area is 113 Å². The second-order valence-electron chi connectivity index (χ2n) is 5.13. The molecule has 1 fully saturated rings. The summed E-state index contributed by atoms with van der Waals surface area (Å²) in [6.07, 6.45) is -0.535. The Hall–Kier alpha value is -1.42. The topological polar surface area (TPSA) is 70.4 Å². The number of rotatable bonds is 2. The first-order valence-electron chi connectivity index (χ1n) is 5.96. The number of hydrogen-bond donors (Lipinski definition) is 0. The molecule has 2 rings (SSSR count). The summed E-state index contributed by atoms with van der Waals surface area (Å²) in [7, 11) is -3.75. The van der Waals surface area contributed by atoms with Crippen molar-refractivity contribution in [2.45, 2.75) is 37.4 Å². The highest BCUT2D eigenvalue weighted by Crippen LogP contribution is 2.34. The van der Waals surface area contributed by atoms with Crippen molar-refractivity contribution < 1.29 is 13.2 Å². The van der Waals surface area contributed by atoms with Crippen molar-refractivity contribution in [1.82, 2.24) is 4.31 Å². The largest absolute Gasteiger partial charge is 0.360 e. The summed E-state index contributed by atoms with van der Waals surface area (Å²) in [5.41, 5.74) is -0.474. The van der Waals surface area contributed by atoms with Gasteiger partial charge in [0.2, 0.25) is 10.0 Å². The zero-order valence-electron chi connectivity index (χ0n) is 11.1. The maximum absolute atomic E-state index is 12.7. The molecule has 1 atom stereocenters. The van der Waals surface area contributed by atoms with E-state index in [-0.39, 0.29) is 10.5 Å². The van der Waals surface area contributed by atoms with Crippen LogP contribution < -0.4 is 0 Å². The fourth-order valence-corrected chi connectivity index (χ4v) is 4.37. The van der Waals surface area contributed by atoms with Crippen molar-refractivity contribution in [3.05, 3.63) is 29.8 Å². The zero-order chi connectivity index (χ0) is 14.3. The van der Waals surface area contributed by atoms with Crippen LogP contribution in [0.1, 0.15) is 26.3 Å². The second kappa shape index (κ2) is 4.60. The van der Waals surface area contributed by atoms with Gasteiger partial charge >= 0.3 is 0 Å². The average molecular weight is 280 g/mol. The molecule has 0 bridgehead atoms. The van der Waals surface area contributed by atoms with E-state index in [9.17, 15) is 8.42 Å². The standard InChI is InChI=1S/C13H16N2O3S/c1-10-15(13(2,3)9-18-10)19(16,17)12-7-5-4-6-11(12)8-14/h4-7,10H,9H2,1-3H3. The Balaban J connectivity index is 2.58. The quantitative estimate of drug-likeness (QED) is 0.826. The van der Waals surface area contributed by atoms with Gasteiger partial charge in [-0.2, -0.15) is 9.57 Å². The van der Waals surface area contributed by atoms with Crippen molar-refractivity contribution in [3.63, 3.8) is 0 Å². The van der Waals surface area contributed by atoms with Crippen molar-refractivity contribution in [2.75, 3.05) is 6.61 Å². The van der Waals surface area contributed by atoms with E-state index in [1.807, 2.05) is 19.9 Å². The van der Waals surface area contributed by atoms with E-state index in [4.69, 9.17) is 10.00 Å². The van der Waals surface area contributed by atoms with Crippen LogP contribution >= 0.6 is 0 Å². The van der Waals surface area contributed by atoms with Crippen LogP contribution in [0, 0.1) is 11.3 Å². The Kier molecular flexibility index (Phi) is 3.39. The molecule has 0 aliphatic carbocycles. The molecule has 1 aliphatic rings. The summed E-state index contributed by atoms with van der Waals surface area (Å²) < 4.78 is 32.2. The maximum Gasteiger partial charge on any atom is 0.247 e. The fraction of sp³-hybridized carbons (Fsp3) is 0.462. The first-order chi connectivity index (χ1) is 8.80. The van der Waals surface area contributed by atoms with Crippen LogP contribution in [0.4, 0.5) is 0 Å². The summed E-state index contributed by atoms with van der Waals surface area (Å²) in [6, 6.07) is 8.13. The number of ether oxygens (including phenoxy) is 1. The molecule has 0 N–H and O–H groups in total. The molecular formula is C13H16N2O3S. The molecule has 1 aromatic carbocycles. The highest BCUT2D eigenvalue weighted by molar-refractivity contribution is 7.89. The van der Waals surface area contributed by atoms with Gasteiger partial charge in [-0.25, -0.2) is 8.42 Å². The third kappa shape index (κ3) is 2.25. The minimum atomic E-state index is -3.75. The van der Waals surface area contributed by atoms with E-state index >= 15 is 0 Å². The highest BCUT2D eigenvalue weighted by atomic mass is 32.2. The molecule has 0 aromatic heterocycles. The van der Waals surface area contributed by atoms with Gasteiger partial charge in [0, 0.05) is 0 Å². The fourth-order valence-electron chi connectivity index (χ4n) is 2.36. The van der Waals surface area contributed by atoms with Crippen LogP contribution in [-0.2, 0) is 14.8 Å². The molecule has 1 saturated heterocycles. The Bertz CT molecular complexity index is 632. The number of benzene rings is 1. The van der Waals surface area contributed by atoms with Gasteiger partial charge in [0.05, 0.1) is 17.7 Å². The first-order valence-corrected chi connectivity index (χ1v) is 7.40. The van der Waals surface area contributed by atoms with Crippen LogP contribution in [0.2, 0.25) is 0 Å². The molecule has 0 spiro atoms. The minimum Gasteiger partial charge on any atom is -0.360 e. The molecular weight excluding hydrogens is 264 g/mol. The number of nitrogens with zero attached hydrogens (tertiary/aromatic N) is 2. The summed E-state index contributed by atoms with van der Waals surface area (Å²) >= 11 is 0. The summed E-state index contributed by atoms with van der Waals surface area (Å²) in [6.45, 7) is 5.65. The number of nitriles is 1. The molecule has 1 unspecified atom stereocenters. The lowest BCUT2D eigenvalue weighted by Crippen LogP contribution is -2.47. The van der Waals surface area contributed by atoms with Gasteiger partial charge in [-0.05, 0) is 32.9 Å². The molecule has 1 heterocycles. The van der Waals surface area contributed by atoms with Gasteiger partial charge in [0.25, 0.3) is 0 Å². The lowest BCUT2D eigenvalue weighted by atomic mass is 10.1. The zero-order valence-corrected chi connectivity index (χ0v) is 11.9. The third-order valence-corrected chi connectivity index (χ3v) is 5.37. The Morgan fingerprint density at radius 3 is 2.58 bits per heavy atom. The van der Waals surface area contributed by atoms with Gasteiger partial charge < -0.3 is 4.74 Å². The predicted molar refractivity (Wildman–Crippen MR) is 69.7 cm³/mol. The van der Waals surface area contributed by atoms with Crippen molar-refractivity contribution in [2.24, 2.45) is 0 Å². The molecule has 102 valence electrons. The van der Waals surface area contributed by atoms with E-state index in [1.165, 1.54) is 16.4 Å². The molecule has 1 aliphatic heterocycles. The molecule has 0 amide bonds. The summed E-state index contributed by atoms with van der Waals surface area (Å²) in [5, 5.41) is 9.06. The summed E-state index contributed by atoms with van der Waals surface area (Å²) in [4.78, 5) is 0.0305. The van der Waals surface area contributed by atoms with E-state index in [0.29, 0.717) is 6.61 Å². The third-order valence-electron chi connectivity index (χ3n) is 3.15. The smallest absolute Gasteiger partial charge is 0.247 e. The molecule has 19 heavy (non-hydrogen) atoms. The van der Waals surface area contributed by atoms with Gasteiger partial charge in [0.15, 0.2) is 0 Å². The molecule has 6 heteroatoms. The van der Waals surface area contributed by atoms with Gasteiger partial charge in [0.1, 0.15) is 17.2 Å². The molecule has 0 radical (unpaired) electrons. The SMILES string of the molecule is CC1OCC(C)(C)N1S(=O)(=O)c1ccccc1C#N. The highest BCUT2D eigenvalue weighted by Gasteiger charge is 2.47. The normalized spacial score (nSPS) is 23.2. The Morgan fingerprint density at radius 2 is 2.05 bits per heavy atom. The van der Waals surface area contributed by atoms with Crippen molar-refractivity contribution >= 4 is 10.0 Å². The summed E-state index contributed by atoms with van der Waals surface area (Å²) in [5.74, 6) is 0. The van der Waals surface area contributed by atoms with E-state index < -0.39 is 21.8 Å². The van der Waals surface area contributed by atoms with E-state index in [1.54, 1.807) is 19.1 Å². The molecule has 0 saturated carbocycles. The molecule has 1 aromatic rings. The van der Waals surface area contributed by atoms with Gasteiger partial charge in [-0.1, -0.05) is 12.1 Å². The lowest BCUT2D eigenvalue weighted by Gasteiger charge is -2.31. The van der Waals surface area contributed by atoms with Crippen LogP contribution in [0.5, 0.6) is 0 Å². The Morgan fingerprint density at radius 1 is 1.42 bits per heavy atom. The van der Waals surface area contributed by atoms with E-state index in [2.05, 4.69) is 0 Å². The van der Waals surface area contributed by atoms with Crippen LogP contribution in [0.3, 0.4) is 0 Å². The van der Waals surface area contributed by atoms with Crippen LogP contribution in [0.15, 0.2) is 29.2 Å². The van der Waals surface area contributed by atoms with Crippen molar-refractivity contribution in [1.29, 1.82) is 5.26 Å². The average Bonchev–Trinajstić information content (AvgIpc) is 2.63. The first kappa shape index (κ1) is 14.0. The maximum atomic E-state index is 12.7. The monoisotopic (exact) mass is 280 g/mol. The minimum absolute atomic E-state index is 0.0305. The van der Waals surface area contributed by atoms with Gasteiger partial charge in [-0.3, -0.25) is 0 Å². The second-order valence-corrected chi connectivity index (χ2v) is 6.91. The molecule has 5 nitrogen and oxygen atoms in total. The van der Waals surface area contributed by atoms with Crippen LogP contribution in [0.25, 0.3) is 0 Å². The predicted octanol–water partition coefficient (Wildman–Crippen LogP) is 1.70. The lowest BCUT2D eigenvalue weighted by molar-refractivity contribution is 0.0843. The number of sulfonamides is 1. The van der Waals surface area contributed by atoms with E-state index in [0.717, 1.165) is 0 Å². The van der Waals surface area contributed by atoms with Crippen molar-refractivity contribution in [3.8, 4) is 6.07 Å².